The van der Waals surface area contributed by atoms with E-state index in [-0.39, 0.29) is 0 Å². The van der Waals surface area contributed by atoms with Crippen LogP contribution in [0.5, 0.6) is 0 Å². The van der Waals surface area contributed by atoms with Gasteiger partial charge in [0.15, 0.2) is 0 Å². The molecule has 11 heavy (non-hydrogen) atoms. The second-order valence-electron chi connectivity index (χ2n) is 4.34. The lowest BCUT2D eigenvalue weighted by molar-refractivity contribution is 0.347. The summed E-state index contributed by atoms with van der Waals surface area (Å²) in [5.41, 5.74) is 0.443. The summed E-state index contributed by atoms with van der Waals surface area (Å²) in [5, 5.41) is 0. The predicted molar refractivity (Wildman–Crippen MR) is 52.3 cm³/mol. The fourth-order valence-corrected chi connectivity index (χ4v) is 1.02. The summed E-state index contributed by atoms with van der Waals surface area (Å²) in [6, 6.07) is 0.481. The van der Waals surface area contributed by atoms with Gasteiger partial charge in [0.2, 0.25) is 0 Å². The van der Waals surface area contributed by atoms with Crippen LogP contribution in [0.25, 0.3) is 0 Å². The predicted octanol–water partition coefficient (Wildman–Crippen LogP) is 3.29. The molecule has 1 atom stereocenters. The molecule has 0 spiro atoms. The standard InChI is InChI=1S/C10H21N/c1-6-9(11-5)7-8-10(2,3)4/h9H,5-8H2,1-4H3. The SMILES string of the molecule is C=NC(CC)CCC(C)(C)C. The van der Waals surface area contributed by atoms with Gasteiger partial charge in [-0.3, -0.25) is 4.99 Å². The van der Waals surface area contributed by atoms with Crippen LogP contribution in [0.4, 0.5) is 0 Å². The van der Waals surface area contributed by atoms with E-state index in [0.717, 1.165) is 6.42 Å². The first-order chi connectivity index (χ1) is 4.99. The van der Waals surface area contributed by atoms with Crippen LogP contribution in [0.15, 0.2) is 4.99 Å². The van der Waals surface area contributed by atoms with Gasteiger partial charge in [-0.25, -0.2) is 0 Å². The second kappa shape index (κ2) is 4.53. The van der Waals surface area contributed by atoms with Gasteiger partial charge in [-0.15, -0.1) is 0 Å². The molecule has 0 bridgehead atoms. The van der Waals surface area contributed by atoms with E-state index >= 15 is 0 Å². The molecule has 0 N–H and O–H groups in total. The van der Waals surface area contributed by atoms with Crippen molar-refractivity contribution in [2.75, 3.05) is 0 Å². The Morgan fingerprint density at radius 1 is 1.36 bits per heavy atom. The van der Waals surface area contributed by atoms with Crippen LogP contribution in [0.1, 0.15) is 47.0 Å². The molecule has 0 heterocycles. The number of hydrogen-bond acceptors (Lipinski definition) is 1. The number of hydrogen-bond donors (Lipinski definition) is 0. The number of nitrogens with zero attached hydrogens (tertiary/aromatic N) is 1. The molecule has 0 aromatic carbocycles. The monoisotopic (exact) mass is 155 g/mol. The van der Waals surface area contributed by atoms with Crippen molar-refractivity contribution in [2.24, 2.45) is 10.4 Å². The van der Waals surface area contributed by atoms with Crippen molar-refractivity contribution in [1.29, 1.82) is 0 Å². The van der Waals surface area contributed by atoms with Gasteiger partial charge in [0.05, 0.1) is 0 Å². The molecule has 0 aromatic rings. The fraction of sp³-hybridized carbons (Fsp3) is 0.900. The summed E-state index contributed by atoms with van der Waals surface area (Å²) in [7, 11) is 0. The average molecular weight is 155 g/mol. The zero-order valence-electron chi connectivity index (χ0n) is 8.35. The number of aliphatic imine (C=N–C) groups is 1. The van der Waals surface area contributed by atoms with Crippen LogP contribution in [0.2, 0.25) is 0 Å². The van der Waals surface area contributed by atoms with Crippen molar-refractivity contribution in [3.8, 4) is 0 Å². The van der Waals surface area contributed by atoms with E-state index in [9.17, 15) is 0 Å². The van der Waals surface area contributed by atoms with E-state index in [1.54, 1.807) is 0 Å². The Morgan fingerprint density at radius 2 is 1.91 bits per heavy atom. The highest BCUT2D eigenvalue weighted by Crippen LogP contribution is 2.22. The Balaban J connectivity index is 3.59. The Hall–Kier alpha value is -0.330. The van der Waals surface area contributed by atoms with E-state index in [4.69, 9.17) is 0 Å². The third-order valence-electron chi connectivity index (χ3n) is 1.96. The van der Waals surface area contributed by atoms with E-state index in [2.05, 4.69) is 39.4 Å². The van der Waals surface area contributed by atoms with E-state index < -0.39 is 0 Å². The minimum Gasteiger partial charge on any atom is -0.298 e. The van der Waals surface area contributed by atoms with Gasteiger partial charge in [0, 0.05) is 6.04 Å². The smallest absolute Gasteiger partial charge is 0.0490 e. The summed E-state index contributed by atoms with van der Waals surface area (Å²) in [6.07, 6.45) is 3.55. The molecular formula is C10H21N. The van der Waals surface area contributed by atoms with E-state index in [0.29, 0.717) is 11.5 Å². The molecule has 0 fully saturated rings. The molecular weight excluding hydrogens is 134 g/mol. The minimum atomic E-state index is 0.443. The lowest BCUT2D eigenvalue weighted by atomic mass is 9.88. The van der Waals surface area contributed by atoms with Crippen molar-refractivity contribution in [2.45, 2.75) is 53.0 Å². The van der Waals surface area contributed by atoms with E-state index in [1.807, 2.05) is 0 Å². The third kappa shape index (κ3) is 6.08. The van der Waals surface area contributed by atoms with Gasteiger partial charge in [0.1, 0.15) is 0 Å². The minimum absolute atomic E-state index is 0.443. The first-order valence-corrected chi connectivity index (χ1v) is 4.45. The van der Waals surface area contributed by atoms with Gasteiger partial charge in [0.25, 0.3) is 0 Å². The molecule has 0 saturated carbocycles. The van der Waals surface area contributed by atoms with Gasteiger partial charge >= 0.3 is 0 Å². The normalized spacial score (nSPS) is 14.5. The van der Waals surface area contributed by atoms with Gasteiger partial charge in [-0.05, 0) is 31.4 Å². The topological polar surface area (TPSA) is 12.4 Å². The van der Waals surface area contributed by atoms with Gasteiger partial charge in [-0.1, -0.05) is 27.7 Å². The van der Waals surface area contributed by atoms with Crippen LogP contribution >= 0.6 is 0 Å². The van der Waals surface area contributed by atoms with Crippen molar-refractivity contribution in [1.82, 2.24) is 0 Å². The molecule has 0 saturated heterocycles. The molecule has 1 unspecified atom stereocenters. The average Bonchev–Trinajstić information content (AvgIpc) is 1.88. The lowest BCUT2D eigenvalue weighted by Gasteiger charge is -2.19. The Kier molecular flexibility index (Phi) is 4.39. The quantitative estimate of drug-likeness (QED) is 0.552. The Morgan fingerprint density at radius 3 is 2.18 bits per heavy atom. The molecule has 0 radical (unpaired) electrons. The van der Waals surface area contributed by atoms with Crippen LogP contribution in [0.3, 0.4) is 0 Å². The van der Waals surface area contributed by atoms with Crippen molar-refractivity contribution in [3.05, 3.63) is 0 Å². The molecule has 1 heteroatoms. The Bertz CT molecular complexity index is 111. The third-order valence-corrected chi connectivity index (χ3v) is 1.96. The molecule has 0 aliphatic rings. The largest absolute Gasteiger partial charge is 0.298 e. The summed E-state index contributed by atoms with van der Waals surface area (Å²) in [4.78, 5) is 4.06. The lowest BCUT2D eigenvalue weighted by Crippen LogP contribution is -2.10. The second-order valence-corrected chi connectivity index (χ2v) is 4.34. The van der Waals surface area contributed by atoms with Gasteiger partial charge < -0.3 is 0 Å². The highest BCUT2D eigenvalue weighted by Gasteiger charge is 2.12. The Labute approximate surface area is 70.9 Å². The van der Waals surface area contributed by atoms with Crippen molar-refractivity contribution < 1.29 is 0 Å². The van der Waals surface area contributed by atoms with Gasteiger partial charge in [-0.2, -0.15) is 0 Å². The van der Waals surface area contributed by atoms with Crippen LogP contribution in [0, 0.1) is 5.41 Å². The molecule has 0 aromatic heterocycles. The molecule has 0 aliphatic carbocycles. The molecule has 1 nitrogen and oxygen atoms in total. The molecule has 66 valence electrons. The highest BCUT2D eigenvalue weighted by atomic mass is 14.7. The zero-order valence-corrected chi connectivity index (χ0v) is 8.35. The maximum Gasteiger partial charge on any atom is 0.0490 e. The first kappa shape index (κ1) is 10.7. The van der Waals surface area contributed by atoms with Crippen LogP contribution in [-0.2, 0) is 0 Å². The molecule has 0 aliphatic heterocycles. The summed E-state index contributed by atoms with van der Waals surface area (Å²) in [5.74, 6) is 0. The highest BCUT2D eigenvalue weighted by molar-refractivity contribution is 5.24. The van der Waals surface area contributed by atoms with E-state index in [1.165, 1.54) is 12.8 Å². The first-order valence-electron chi connectivity index (χ1n) is 4.45. The summed E-state index contributed by atoms with van der Waals surface area (Å²) in [6.45, 7) is 12.6. The fourth-order valence-electron chi connectivity index (χ4n) is 1.02. The van der Waals surface area contributed by atoms with Crippen molar-refractivity contribution in [3.63, 3.8) is 0 Å². The van der Waals surface area contributed by atoms with Crippen molar-refractivity contribution >= 4 is 6.72 Å². The van der Waals surface area contributed by atoms with Crippen LogP contribution < -0.4 is 0 Å². The zero-order chi connectivity index (χ0) is 8.91. The molecule has 0 amide bonds. The maximum absolute atomic E-state index is 4.06. The summed E-state index contributed by atoms with van der Waals surface area (Å²) >= 11 is 0. The number of rotatable bonds is 4. The maximum atomic E-state index is 4.06. The van der Waals surface area contributed by atoms with Crippen LogP contribution in [-0.4, -0.2) is 12.8 Å². The molecule has 0 rings (SSSR count). The summed E-state index contributed by atoms with van der Waals surface area (Å²) < 4.78 is 0.